The lowest BCUT2D eigenvalue weighted by Crippen LogP contribution is -2.23. The van der Waals surface area contributed by atoms with Crippen molar-refractivity contribution in [3.05, 3.63) is 40.4 Å². The summed E-state index contributed by atoms with van der Waals surface area (Å²) in [6.45, 7) is 1.01. The first kappa shape index (κ1) is 17.3. The maximum Gasteiger partial charge on any atom is 0.419 e. The quantitative estimate of drug-likeness (QED) is 0.557. The lowest BCUT2D eigenvalue weighted by atomic mass is 10.1. The Hall–Kier alpha value is -2.18. The number of anilines is 1. The smallest absolute Gasteiger partial charge is 0.419 e. The van der Waals surface area contributed by atoms with Gasteiger partial charge >= 0.3 is 6.18 Å². The molecular weight excluding hydrogens is 517 g/mol. The van der Waals surface area contributed by atoms with Crippen LogP contribution in [0.25, 0.3) is 0 Å². The number of methoxy groups -OCH3 is 2. The van der Waals surface area contributed by atoms with Crippen LogP contribution in [0.3, 0.4) is 0 Å². The molecule has 0 spiro atoms. The van der Waals surface area contributed by atoms with Gasteiger partial charge in [0.2, 0.25) is 0 Å². The molecule has 0 aliphatic carbocycles. The van der Waals surface area contributed by atoms with Crippen molar-refractivity contribution in [3.63, 3.8) is 0 Å². The number of benzene rings is 2. The van der Waals surface area contributed by atoms with Gasteiger partial charge in [0, 0.05) is 29.7 Å². The first-order chi connectivity index (χ1) is 17.2. The molecule has 1 aliphatic rings. The van der Waals surface area contributed by atoms with Crippen LogP contribution in [0.15, 0.2) is 39.7 Å². The summed E-state index contributed by atoms with van der Waals surface area (Å²) in [6.07, 6.45) is -4.82. The van der Waals surface area contributed by atoms with E-state index in [1.165, 1.54) is 0 Å². The molecule has 7 nitrogen and oxygen atoms in total. The van der Waals surface area contributed by atoms with Crippen molar-refractivity contribution in [2.24, 2.45) is 0 Å². The standard InChI is InChI=1S/C20H22BrF3N2O5S/c1-26-7-6-13(11-26)31-16-8-12(4-5-14(16)20(22,23)24)25-32(27,28)19-10-18(30-3)17(29-2)9-15(19)21/h4-5,8-10,13,25H,6-7,11H2,1-3H3/t13-/m1/s1/i2D3,3D3. The number of nitrogens with zero attached hydrogens (tertiary/aromatic N) is 1. The number of likely N-dealkylation sites (tertiary alicyclic amines) is 1. The number of alkyl halides is 3. The van der Waals surface area contributed by atoms with Crippen molar-refractivity contribution in [2.45, 2.75) is 23.6 Å². The second-order valence-electron chi connectivity index (χ2n) is 7.04. The third kappa shape index (κ3) is 5.41. The minimum atomic E-state index is -4.76. The third-order valence-electron chi connectivity index (χ3n) is 4.69. The molecule has 176 valence electrons. The molecule has 0 amide bonds. The fourth-order valence-corrected chi connectivity index (χ4v) is 5.27. The number of rotatable bonds is 7. The molecule has 1 fully saturated rings. The number of hydrogen-bond acceptors (Lipinski definition) is 6. The van der Waals surface area contributed by atoms with Gasteiger partial charge in [-0.15, -0.1) is 0 Å². The van der Waals surface area contributed by atoms with Crippen LogP contribution < -0.4 is 18.9 Å². The van der Waals surface area contributed by atoms with Crippen molar-refractivity contribution in [1.82, 2.24) is 4.90 Å². The SMILES string of the molecule is [2H]C([2H])([2H])Oc1cc(Br)c(S(=O)(=O)Nc2ccc(C(F)(F)F)c(O[C@@H]3CCN(C)C3)c2)cc1OC([2H])([2H])[2H]. The van der Waals surface area contributed by atoms with E-state index >= 15 is 0 Å². The number of likely N-dealkylation sites (N-methyl/N-ethyl adjacent to an activating group) is 1. The molecule has 32 heavy (non-hydrogen) atoms. The van der Waals surface area contributed by atoms with Crippen LogP contribution in [-0.4, -0.2) is 53.6 Å². The van der Waals surface area contributed by atoms with Gasteiger partial charge in [-0.2, -0.15) is 13.2 Å². The first-order valence-corrected chi connectivity index (χ1v) is 11.3. The van der Waals surface area contributed by atoms with Gasteiger partial charge in [0.05, 0.1) is 33.6 Å². The molecule has 0 bridgehead atoms. The molecule has 1 atom stereocenters. The summed E-state index contributed by atoms with van der Waals surface area (Å²) in [4.78, 5) is 1.27. The van der Waals surface area contributed by atoms with E-state index in [0.717, 1.165) is 24.3 Å². The van der Waals surface area contributed by atoms with E-state index in [1.54, 1.807) is 7.05 Å². The summed E-state index contributed by atoms with van der Waals surface area (Å²) in [7, 11) is -8.91. The van der Waals surface area contributed by atoms with Crippen molar-refractivity contribution >= 4 is 31.6 Å². The Morgan fingerprint density at radius 1 is 1.16 bits per heavy atom. The molecule has 1 N–H and O–H groups in total. The highest BCUT2D eigenvalue weighted by atomic mass is 79.9. The van der Waals surface area contributed by atoms with Crippen molar-refractivity contribution in [1.29, 1.82) is 0 Å². The molecule has 12 heteroatoms. The van der Waals surface area contributed by atoms with Gasteiger partial charge in [-0.25, -0.2) is 8.42 Å². The van der Waals surface area contributed by atoms with Gasteiger partial charge in [-0.3, -0.25) is 4.72 Å². The Balaban J connectivity index is 1.99. The van der Waals surface area contributed by atoms with E-state index in [9.17, 15) is 21.6 Å². The summed E-state index contributed by atoms with van der Waals surface area (Å²) in [5.74, 6) is -1.87. The number of nitrogens with one attached hydrogen (secondary N) is 1. The van der Waals surface area contributed by atoms with Crippen molar-refractivity contribution in [2.75, 3.05) is 38.9 Å². The lowest BCUT2D eigenvalue weighted by Gasteiger charge is -2.20. The molecule has 2 aromatic carbocycles. The fraction of sp³-hybridized carbons (Fsp3) is 0.400. The summed E-state index contributed by atoms with van der Waals surface area (Å²) < 4.78 is 128. The number of ether oxygens (including phenoxy) is 3. The summed E-state index contributed by atoms with van der Waals surface area (Å²) in [5, 5.41) is 0. The van der Waals surface area contributed by atoms with Crippen LogP contribution in [0, 0.1) is 0 Å². The van der Waals surface area contributed by atoms with E-state index in [-0.39, 0.29) is 10.2 Å². The predicted molar refractivity (Wildman–Crippen MR) is 116 cm³/mol. The first-order valence-electron chi connectivity index (χ1n) is 12.0. The fourth-order valence-electron chi connectivity index (χ4n) is 3.18. The topological polar surface area (TPSA) is 77.1 Å². The second kappa shape index (κ2) is 9.36. The molecule has 1 saturated heterocycles. The monoisotopic (exact) mass is 544 g/mol. The van der Waals surface area contributed by atoms with E-state index < -0.39 is 64.1 Å². The molecule has 3 rings (SSSR count). The number of sulfonamides is 1. The van der Waals surface area contributed by atoms with Gasteiger partial charge in [-0.1, -0.05) is 0 Å². The molecule has 1 aliphatic heterocycles. The molecule has 2 aromatic rings. The number of hydrogen-bond donors (Lipinski definition) is 1. The molecule has 1 heterocycles. The third-order valence-corrected chi connectivity index (χ3v) is 7.03. The van der Waals surface area contributed by atoms with E-state index in [4.69, 9.17) is 22.4 Å². The average molecular weight is 545 g/mol. The van der Waals surface area contributed by atoms with Gasteiger partial charge in [0.1, 0.15) is 16.7 Å². The average Bonchev–Trinajstić information content (AvgIpc) is 3.11. The van der Waals surface area contributed by atoms with Gasteiger partial charge < -0.3 is 19.1 Å². The van der Waals surface area contributed by atoms with Crippen LogP contribution in [-0.2, 0) is 16.2 Å². The highest BCUT2D eigenvalue weighted by Gasteiger charge is 2.36. The molecular formula is C20H22BrF3N2O5S. The molecule has 0 radical (unpaired) electrons. The Bertz CT molecular complexity index is 1290. The Kier molecular flexibility index (Phi) is 5.06. The molecule has 0 saturated carbocycles. The summed E-state index contributed by atoms with van der Waals surface area (Å²) >= 11 is 2.98. The largest absolute Gasteiger partial charge is 0.493 e. The Labute approximate surface area is 201 Å². The highest BCUT2D eigenvalue weighted by Crippen LogP contribution is 2.40. The van der Waals surface area contributed by atoms with E-state index in [1.807, 2.05) is 4.90 Å². The zero-order valence-corrected chi connectivity index (χ0v) is 18.9. The maximum atomic E-state index is 13.6. The van der Waals surface area contributed by atoms with Gasteiger partial charge in [-0.05, 0) is 47.6 Å². The van der Waals surface area contributed by atoms with Gasteiger partial charge in [0.25, 0.3) is 10.0 Å². The van der Waals surface area contributed by atoms with Crippen molar-refractivity contribution in [3.8, 4) is 17.2 Å². The van der Waals surface area contributed by atoms with Crippen LogP contribution in [0.4, 0.5) is 18.9 Å². The summed E-state index contributed by atoms with van der Waals surface area (Å²) in [6, 6.07) is 4.08. The minimum absolute atomic E-state index is 0.237. The molecule has 0 unspecified atom stereocenters. The lowest BCUT2D eigenvalue weighted by molar-refractivity contribution is -0.139. The summed E-state index contributed by atoms with van der Waals surface area (Å²) in [5.41, 5.74) is -1.36. The Morgan fingerprint density at radius 2 is 1.84 bits per heavy atom. The van der Waals surface area contributed by atoms with Crippen LogP contribution >= 0.6 is 15.9 Å². The second-order valence-corrected chi connectivity index (χ2v) is 9.54. The maximum absolute atomic E-state index is 13.6. The normalized spacial score (nSPS) is 20.8. The minimum Gasteiger partial charge on any atom is -0.493 e. The highest BCUT2D eigenvalue weighted by molar-refractivity contribution is 9.10. The van der Waals surface area contributed by atoms with E-state index in [0.29, 0.717) is 25.6 Å². The van der Waals surface area contributed by atoms with Crippen molar-refractivity contribution < 1.29 is 44.0 Å². The number of halogens is 4. The van der Waals surface area contributed by atoms with E-state index in [2.05, 4.69) is 20.7 Å². The predicted octanol–water partition coefficient (Wildman–Crippen LogP) is 4.37. The van der Waals surface area contributed by atoms with Crippen LogP contribution in [0.5, 0.6) is 17.2 Å². The zero-order chi connectivity index (χ0) is 28.7. The van der Waals surface area contributed by atoms with Crippen LogP contribution in [0.1, 0.15) is 20.2 Å². The zero-order valence-electron chi connectivity index (χ0n) is 22.5. The Morgan fingerprint density at radius 3 is 2.44 bits per heavy atom. The molecule has 0 aromatic heterocycles. The van der Waals surface area contributed by atoms with Crippen LogP contribution in [0.2, 0.25) is 0 Å². The van der Waals surface area contributed by atoms with Gasteiger partial charge in [0.15, 0.2) is 11.5 Å².